The molecule has 1 aromatic carbocycles. The van der Waals surface area contributed by atoms with Gasteiger partial charge in [-0.25, -0.2) is 9.78 Å². The zero-order valence-electron chi connectivity index (χ0n) is 12.2. The topological polar surface area (TPSA) is 107 Å². The predicted octanol–water partition coefficient (Wildman–Crippen LogP) is 2.92. The van der Waals surface area contributed by atoms with Crippen LogP contribution in [-0.4, -0.2) is 32.4 Å². The molecule has 0 aliphatic rings. The molecule has 2 rings (SSSR count). The van der Waals surface area contributed by atoms with Crippen molar-refractivity contribution in [2.45, 2.75) is 32.6 Å². The summed E-state index contributed by atoms with van der Waals surface area (Å²) in [5.74, 6) is -1.04. The molecule has 0 atom stereocenters. The number of nitrogens with zero attached hydrogens (tertiary/aromatic N) is 3. The Morgan fingerprint density at radius 2 is 2.18 bits per heavy atom. The van der Waals surface area contributed by atoms with Crippen molar-refractivity contribution in [3.05, 3.63) is 34.1 Å². The summed E-state index contributed by atoms with van der Waals surface area (Å²) in [6, 6.07) is 3.79. The third-order valence-corrected chi connectivity index (χ3v) is 3.24. The fourth-order valence-corrected chi connectivity index (χ4v) is 2.06. The van der Waals surface area contributed by atoms with E-state index < -0.39 is 10.9 Å². The highest BCUT2D eigenvalue weighted by molar-refractivity contribution is 5.91. The van der Waals surface area contributed by atoms with Crippen LogP contribution in [0, 0.1) is 10.1 Å². The Labute approximate surface area is 126 Å². The number of esters is 1. The van der Waals surface area contributed by atoms with Crippen molar-refractivity contribution < 1.29 is 19.7 Å². The van der Waals surface area contributed by atoms with Gasteiger partial charge in [0.15, 0.2) is 0 Å². The maximum atomic E-state index is 11.9. The third kappa shape index (κ3) is 3.33. The van der Waals surface area contributed by atoms with Crippen LogP contribution in [0.1, 0.15) is 43.2 Å². The Morgan fingerprint density at radius 1 is 1.41 bits per heavy atom. The summed E-state index contributed by atoms with van der Waals surface area (Å²) in [6.07, 6.45) is 3.86. The van der Waals surface area contributed by atoms with E-state index in [0.29, 0.717) is 4.73 Å². The van der Waals surface area contributed by atoms with Crippen molar-refractivity contribution in [3.8, 4) is 0 Å². The minimum absolute atomic E-state index is 0.0899. The monoisotopic (exact) mass is 307 g/mol. The molecule has 2 aromatic rings. The van der Waals surface area contributed by atoms with Gasteiger partial charge >= 0.3 is 5.97 Å². The summed E-state index contributed by atoms with van der Waals surface area (Å²) in [7, 11) is 0. The molecule has 1 heterocycles. The van der Waals surface area contributed by atoms with Gasteiger partial charge in [-0.15, -0.1) is 0 Å². The first-order valence-electron chi connectivity index (χ1n) is 7.08. The van der Waals surface area contributed by atoms with Crippen LogP contribution in [0.4, 0.5) is 5.69 Å². The van der Waals surface area contributed by atoms with Crippen molar-refractivity contribution in [1.82, 2.24) is 9.71 Å². The number of rotatable bonds is 7. The van der Waals surface area contributed by atoms with Crippen molar-refractivity contribution in [3.63, 3.8) is 0 Å². The van der Waals surface area contributed by atoms with Crippen LogP contribution >= 0.6 is 0 Å². The molecule has 0 unspecified atom stereocenters. The summed E-state index contributed by atoms with van der Waals surface area (Å²) in [5.41, 5.74) is 0.181. The Kier molecular flexibility index (Phi) is 4.92. The van der Waals surface area contributed by atoms with Gasteiger partial charge in [0.2, 0.25) is 0 Å². The number of carbonyl (C=O) groups excluding carboxylic acids is 1. The molecule has 22 heavy (non-hydrogen) atoms. The van der Waals surface area contributed by atoms with E-state index in [9.17, 15) is 20.1 Å². The van der Waals surface area contributed by atoms with E-state index in [4.69, 9.17) is 4.74 Å². The highest BCUT2D eigenvalue weighted by atomic mass is 16.6. The lowest BCUT2D eigenvalue weighted by molar-refractivity contribution is -0.384. The minimum Gasteiger partial charge on any atom is -0.460 e. The first kappa shape index (κ1) is 15.7. The Bertz CT molecular complexity index is 695. The fourth-order valence-electron chi connectivity index (χ4n) is 2.06. The SMILES string of the molecule is CCCCCCOC(=O)c1nc2ccc([N+](=O)[O-])cc2n1O. The van der Waals surface area contributed by atoms with Gasteiger partial charge in [0.1, 0.15) is 5.52 Å². The quantitative estimate of drug-likeness (QED) is 0.277. The molecule has 0 aliphatic heterocycles. The average Bonchev–Trinajstić information content (AvgIpc) is 2.83. The predicted molar refractivity (Wildman–Crippen MR) is 78.0 cm³/mol. The van der Waals surface area contributed by atoms with Crippen LogP contribution in [0.3, 0.4) is 0 Å². The number of unbranched alkanes of at least 4 members (excludes halogenated alkanes) is 3. The van der Waals surface area contributed by atoms with Gasteiger partial charge in [0, 0.05) is 12.1 Å². The lowest BCUT2D eigenvalue weighted by Gasteiger charge is -2.03. The number of non-ortho nitro benzene ring substituents is 1. The van der Waals surface area contributed by atoms with E-state index in [1.165, 1.54) is 12.1 Å². The Morgan fingerprint density at radius 3 is 2.86 bits per heavy atom. The molecular formula is C14H17N3O5. The van der Waals surface area contributed by atoms with Gasteiger partial charge in [0.05, 0.1) is 17.0 Å². The van der Waals surface area contributed by atoms with E-state index in [1.54, 1.807) is 0 Å². The molecule has 0 saturated carbocycles. The van der Waals surface area contributed by atoms with E-state index in [-0.39, 0.29) is 29.2 Å². The largest absolute Gasteiger partial charge is 0.460 e. The van der Waals surface area contributed by atoms with Crippen molar-refractivity contribution in [2.24, 2.45) is 0 Å². The zero-order chi connectivity index (χ0) is 16.1. The van der Waals surface area contributed by atoms with Gasteiger partial charge < -0.3 is 9.94 Å². The molecule has 0 saturated heterocycles. The molecule has 0 fully saturated rings. The summed E-state index contributed by atoms with van der Waals surface area (Å²) in [4.78, 5) is 26.0. The maximum Gasteiger partial charge on any atom is 0.377 e. The second-order valence-electron chi connectivity index (χ2n) is 4.87. The number of ether oxygens (including phenoxy) is 1. The third-order valence-electron chi connectivity index (χ3n) is 3.24. The average molecular weight is 307 g/mol. The smallest absolute Gasteiger partial charge is 0.377 e. The van der Waals surface area contributed by atoms with Crippen molar-refractivity contribution in [2.75, 3.05) is 6.61 Å². The number of hydrogen-bond acceptors (Lipinski definition) is 6. The fraction of sp³-hybridized carbons (Fsp3) is 0.429. The van der Waals surface area contributed by atoms with E-state index in [2.05, 4.69) is 11.9 Å². The Hall–Kier alpha value is -2.64. The highest BCUT2D eigenvalue weighted by Crippen LogP contribution is 2.21. The van der Waals surface area contributed by atoms with Crippen molar-refractivity contribution in [1.29, 1.82) is 0 Å². The van der Waals surface area contributed by atoms with E-state index in [1.807, 2.05) is 0 Å². The van der Waals surface area contributed by atoms with Crippen LogP contribution in [0.15, 0.2) is 18.2 Å². The molecule has 8 nitrogen and oxygen atoms in total. The van der Waals surface area contributed by atoms with Gasteiger partial charge in [0.25, 0.3) is 11.5 Å². The zero-order valence-corrected chi connectivity index (χ0v) is 12.2. The minimum atomic E-state index is -0.752. The number of benzene rings is 1. The summed E-state index contributed by atoms with van der Waals surface area (Å²) in [5, 5.41) is 20.7. The second-order valence-corrected chi connectivity index (χ2v) is 4.87. The molecule has 0 spiro atoms. The lowest BCUT2D eigenvalue weighted by Crippen LogP contribution is -2.12. The molecule has 8 heteroatoms. The van der Waals surface area contributed by atoms with Crippen molar-refractivity contribution >= 4 is 22.7 Å². The number of hydrogen-bond donors (Lipinski definition) is 1. The molecule has 0 radical (unpaired) electrons. The maximum absolute atomic E-state index is 11.9. The van der Waals surface area contributed by atoms with Gasteiger partial charge in [-0.1, -0.05) is 26.2 Å². The van der Waals surface area contributed by atoms with Crippen LogP contribution in [-0.2, 0) is 4.74 Å². The molecule has 1 N–H and O–H groups in total. The standard InChI is InChI=1S/C14H17N3O5/c1-2-3-4-5-8-22-14(18)13-15-11-7-6-10(17(20)21)9-12(11)16(13)19/h6-7,9,19H,2-5,8H2,1H3. The summed E-state index contributed by atoms with van der Waals surface area (Å²) < 4.78 is 5.57. The van der Waals surface area contributed by atoms with Gasteiger partial charge in [-0.05, 0) is 12.5 Å². The van der Waals surface area contributed by atoms with Crippen LogP contribution in [0.25, 0.3) is 11.0 Å². The lowest BCUT2D eigenvalue weighted by atomic mass is 10.2. The first-order valence-corrected chi connectivity index (χ1v) is 7.08. The molecule has 0 aliphatic carbocycles. The van der Waals surface area contributed by atoms with Gasteiger partial charge in [-0.2, -0.15) is 4.73 Å². The number of carbonyl (C=O) groups is 1. The number of aromatic nitrogens is 2. The number of nitro benzene ring substituents is 1. The Balaban J connectivity index is 2.12. The molecule has 0 amide bonds. The molecular weight excluding hydrogens is 290 g/mol. The van der Waals surface area contributed by atoms with Crippen LogP contribution in [0.5, 0.6) is 0 Å². The molecule has 0 bridgehead atoms. The van der Waals surface area contributed by atoms with Crippen LogP contribution < -0.4 is 0 Å². The van der Waals surface area contributed by atoms with Gasteiger partial charge in [-0.3, -0.25) is 10.1 Å². The molecule has 1 aromatic heterocycles. The highest BCUT2D eigenvalue weighted by Gasteiger charge is 2.20. The van der Waals surface area contributed by atoms with Crippen LogP contribution in [0.2, 0.25) is 0 Å². The van der Waals surface area contributed by atoms with E-state index >= 15 is 0 Å². The second kappa shape index (κ2) is 6.88. The summed E-state index contributed by atoms with van der Waals surface area (Å²) in [6.45, 7) is 2.33. The summed E-state index contributed by atoms with van der Waals surface area (Å²) >= 11 is 0. The molecule has 118 valence electrons. The normalized spacial score (nSPS) is 10.8. The number of imidazole rings is 1. The number of fused-ring (bicyclic) bond motifs is 1. The van der Waals surface area contributed by atoms with E-state index in [0.717, 1.165) is 31.7 Å². The number of nitro groups is 1. The first-order chi connectivity index (χ1) is 10.5.